The number of alkyl halides is 6. The predicted octanol–water partition coefficient (Wildman–Crippen LogP) is 6.20. The number of nitrogens with zero attached hydrogens (tertiary/aromatic N) is 1. The van der Waals surface area contributed by atoms with Gasteiger partial charge in [0, 0.05) is 17.5 Å². The van der Waals surface area contributed by atoms with Crippen molar-refractivity contribution in [3.05, 3.63) is 65.6 Å². The van der Waals surface area contributed by atoms with Crippen LogP contribution in [0.25, 0.3) is 10.9 Å². The van der Waals surface area contributed by atoms with E-state index in [1.54, 1.807) is 0 Å². The molecule has 0 saturated heterocycles. The summed E-state index contributed by atoms with van der Waals surface area (Å²) >= 11 is 0. The average Bonchev–Trinajstić information content (AvgIpc) is 2.52. The molecule has 0 bridgehead atoms. The molecule has 1 heterocycles. The second-order valence-corrected chi connectivity index (χ2v) is 5.29. The number of halogens is 7. The first-order valence-corrected chi connectivity index (χ1v) is 7.07. The fourth-order valence-corrected chi connectivity index (χ4v) is 2.26. The minimum Gasteiger partial charge on any atom is -0.456 e. The van der Waals surface area contributed by atoms with E-state index in [9.17, 15) is 30.7 Å². The van der Waals surface area contributed by atoms with Gasteiger partial charge in [-0.3, -0.25) is 0 Å². The van der Waals surface area contributed by atoms with Gasteiger partial charge in [-0.25, -0.2) is 9.37 Å². The van der Waals surface area contributed by atoms with Gasteiger partial charge in [-0.2, -0.15) is 26.3 Å². The Hall–Kier alpha value is -2.84. The van der Waals surface area contributed by atoms with Crippen LogP contribution in [0.3, 0.4) is 0 Å². The summed E-state index contributed by atoms with van der Waals surface area (Å²) in [5.74, 6) is -1.18. The Morgan fingerprint density at radius 1 is 0.808 bits per heavy atom. The van der Waals surface area contributed by atoms with Crippen LogP contribution in [0.5, 0.6) is 11.5 Å². The largest absolute Gasteiger partial charge is 0.456 e. The second kappa shape index (κ2) is 6.15. The van der Waals surface area contributed by atoms with E-state index < -0.39 is 34.9 Å². The number of rotatable bonds is 2. The van der Waals surface area contributed by atoms with Crippen LogP contribution in [0.1, 0.15) is 11.3 Å². The van der Waals surface area contributed by atoms with Crippen molar-refractivity contribution in [1.82, 2.24) is 4.98 Å². The van der Waals surface area contributed by atoms with Crippen molar-refractivity contribution in [3.63, 3.8) is 0 Å². The molecule has 0 aliphatic carbocycles. The van der Waals surface area contributed by atoms with Gasteiger partial charge in [0.2, 0.25) is 0 Å². The first-order chi connectivity index (χ1) is 12.0. The van der Waals surface area contributed by atoms with Crippen molar-refractivity contribution in [1.29, 1.82) is 0 Å². The van der Waals surface area contributed by atoms with E-state index in [1.165, 1.54) is 12.1 Å². The molecule has 0 fully saturated rings. The fourth-order valence-electron chi connectivity index (χ4n) is 2.26. The summed E-state index contributed by atoms with van der Waals surface area (Å²) in [4.78, 5) is 3.26. The summed E-state index contributed by atoms with van der Waals surface area (Å²) in [6.07, 6.45) is -9.64. The summed E-state index contributed by atoms with van der Waals surface area (Å²) in [5, 5.41) is -0.0738. The molecule has 0 radical (unpaired) electrons. The van der Waals surface area contributed by atoms with E-state index in [2.05, 4.69) is 4.98 Å². The quantitative estimate of drug-likeness (QED) is 0.497. The van der Waals surface area contributed by atoms with Crippen LogP contribution in [-0.4, -0.2) is 4.98 Å². The fraction of sp³-hybridized carbons (Fsp3) is 0.118. The van der Waals surface area contributed by atoms with Crippen molar-refractivity contribution in [3.8, 4) is 11.5 Å². The van der Waals surface area contributed by atoms with Crippen molar-refractivity contribution >= 4 is 10.9 Å². The Bertz CT molecular complexity index is 958. The zero-order valence-electron chi connectivity index (χ0n) is 12.6. The highest BCUT2D eigenvalue weighted by Gasteiger charge is 2.35. The molecule has 0 spiro atoms. The topological polar surface area (TPSA) is 22.1 Å². The molecule has 2 aromatic carbocycles. The summed E-state index contributed by atoms with van der Waals surface area (Å²) in [6, 6.07) is 7.34. The summed E-state index contributed by atoms with van der Waals surface area (Å²) in [6.45, 7) is 0. The molecular weight excluding hydrogens is 367 g/mol. The lowest BCUT2D eigenvalue weighted by atomic mass is 10.1. The Labute approximate surface area is 141 Å². The Morgan fingerprint density at radius 3 is 2.15 bits per heavy atom. The molecule has 3 aromatic rings. The van der Waals surface area contributed by atoms with Crippen LogP contribution >= 0.6 is 0 Å². The third-order valence-electron chi connectivity index (χ3n) is 3.41. The van der Waals surface area contributed by atoms with Crippen molar-refractivity contribution in [2.45, 2.75) is 12.4 Å². The third kappa shape index (κ3) is 3.71. The zero-order valence-corrected chi connectivity index (χ0v) is 12.6. The lowest BCUT2D eigenvalue weighted by Gasteiger charge is -2.14. The third-order valence-corrected chi connectivity index (χ3v) is 3.41. The molecule has 136 valence electrons. The molecule has 2 nitrogen and oxygen atoms in total. The molecule has 0 aliphatic rings. The number of ether oxygens (including phenoxy) is 1. The van der Waals surface area contributed by atoms with Gasteiger partial charge < -0.3 is 4.74 Å². The molecule has 0 amide bonds. The van der Waals surface area contributed by atoms with Gasteiger partial charge in [-0.05, 0) is 30.3 Å². The minimum atomic E-state index is -4.90. The number of aromatic nitrogens is 1. The van der Waals surface area contributed by atoms with E-state index in [-0.39, 0.29) is 16.9 Å². The van der Waals surface area contributed by atoms with E-state index in [4.69, 9.17) is 4.74 Å². The maximum atomic E-state index is 13.2. The lowest BCUT2D eigenvalue weighted by molar-refractivity contribution is -0.141. The van der Waals surface area contributed by atoms with Crippen molar-refractivity contribution in [2.24, 2.45) is 0 Å². The second-order valence-electron chi connectivity index (χ2n) is 5.29. The summed E-state index contributed by atoms with van der Waals surface area (Å²) in [7, 11) is 0. The van der Waals surface area contributed by atoms with Gasteiger partial charge in [0.05, 0.1) is 11.1 Å². The van der Waals surface area contributed by atoms with Crippen LogP contribution < -0.4 is 4.74 Å². The molecule has 0 unspecified atom stereocenters. The SMILES string of the molecule is Fc1cccc(Oc2cc(C(F)(F)F)nc3cc(C(F)(F)F)ccc23)c1. The summed E-state index contributed by atoms with van der Waals surface area (Å²) < 4.78 is 96.1. The molecule has 26 heavy (non-hydrogen) atoms. The van der Waals surface area contributed by atoms with E-state index in [1.807, 2.05) is 0 Å². The number of pyridine rings is 1. The molecule has 0 atom stereocenters. The van der Waals surface area contributed by atoms with Crippen LogP contribution in [0.4, 0.5) is 30.7 Å². The molecule has 3 rings (SSSR count). The highest BCUT2D eigenvalue weighted by molar-refractivity contribution is 5.86. The van der Waals surface area contributed by atoms with E-state index in [0.29, 0.717) is 18.2 Å². The summed E-state index contributed by atoms with van der Waals surface area (Å²) in [5.41, 5.74) is -3.11. The van der Waals surface area contributed by atoms with Crippen LogP contribution in [0.2, 0.25) is 0 Å². The maximum Gasteiger partial charge on any atom is 0.433 e. The zero-order chi connectivity index (χ0) is 19.1. The normalized spacial score (nSPS) is 12.4. The molecule has 0 saturated carbocycles. The van der Waals surface area contributed by atoms with Crippen LogP contribution in [0.15, 0.2) is 48.5 Å². The van der Waals surface area contributed by atoms with Crippen LogP contribution in [0, 0.1) is 5.82 Å². The maximum absolute atomic E-state index is 13.2. The highest BCUT2D eigenvalue weighted by atomic mass is 19.4. The van der Waals surface area contributed by atoms with Crippen molar-refractivity contribution < 1.29 is 35.5 Å². The standard InChI is InChI=1S/C17H8F7NO/c18-10-2-1-3-11(7-10)26-14-8-15(17(22,23)24)25-13-6-9(16(19,20)21)4-5-12(13)14/h1-8H. The van der Waals surface area contributed by atoms with Gasteiger partial charge >= 0.3 is 12.4 Å². The van der Waals surface area contributed by atoms with Gasteiger partial charge in [-0.1, -0.05) is 6.07 Å². The van der Waals surface area contributed by atoms with Gasteiger partial charge in [0.25, 0.3) is 0 Å². The monoisotopic (exact) mass is 375 g/mol. The molecule has 0 aliphatic heterocycles. The van der Waals surface area contributed by atoms with Crippen LogP contribution in [-0.2, 0) is 12.4 Å². The number of hydrogen-bond donors (Lipinski definition) is 0. The Balaban J connectivity index is 2.19. The molecule has 9 heteroatoms. The number of benzene rings is 2. The van der Waals surface area contributed by atoms with E-state index >= 15 is 0 Å². The average molecular weight is 375 g/mol. The first-order valence-electron chi connectivity index (χ1n) is 7.07. The smallest absolute Gasteiger partial charge is 0.433 e. The number of fused-ring (bicyclic) bond motifs is 1. The van der Waals surface area contributed by atoms with Crippen molar-refractivity contribution in [2.75, 3.05) is 0 Å². The lowest BCUT2D eigenvalue weighted by Crippen LogP contribution is -2.09. The van der Waals surface area contributed by atoms with E-state index in [0.717, 1.165) is 18.2 Å². The Kier molecular flexibility index (Phi) is 4.25. The first kappa shape index (κ1) is 18.0. The van der Waals surface area contributed by atoms with Gasteiger partial charge in [0.1, 0.15) is 23.0 Å². The molecular formula is C17H8F7NO. The molecule has 0 N–H and O–H groups in total. The predicted molar refractivity (Wildman–Crippen MR) is 78.2 cm³/mol. The molecule has 1 aromatic heterocycles. The van der Waals surface area contributed by atoms with Gasteiger partial charge in [0.15, 0.2) is 0 Å². The van der Waals surface area contributed by atoms with Gasteiger partial charge in [-0.15, -0.1) is 0 Å². The highest BCUT2D eigenvalue weighted by Crippen LogP contribution is 2.38. The minimum absolute atomic E-state index is 0.0738. The number of hydrogen-bond acceptors (Lipinski definition) is 2. The Morgan fingerprint density at radius 2 is 1.54 bits per heavy atom.